The van der Waals surface area contributed by atoms with Gasteiger partial charge in [0.1, 0.15) is 0 Å². The quantitative estimate of drug-likeness (QED) is 0.866. The molecular formula is C15H19N3O2S. The molecule has 1 atom stereocenters. The van der Waals surface area contributed by atoms with Crippen molar-refractivity contribution in [1.82, 2.24) is 13.2 Å². The van der Waals surface area contributed by atoms with Crippen LogP contribution in [0.4, 0.5) is 0 Å². The number of nitrogens with zero attached hydrogens (tertiary/aromatic N) is 3. The van der Waals surface area contributed by atoms with E-state index in [2.05, 4.69) is 4.57 Å². The van der Waals surface area contributed by atoms with Gasteiger partial charge in [0.05, 0.1) is 6.04 Å². The third kappa shape index (κ3) is 2.39. The molecule has 0 aliphatic carbocycles. The third-order valence-electron chi connectivity index (χ3n) is 3.87. The highest BCUT2D eigenvalue weighted by molar-refractivity contribution is 7.86. The van der Waals surface area contributed by atoms with Gasteiger partial charge in [0.2, 0.25) is 0 Å². The third-order valence-corrected chi connectivity index (χ3v) is 5.78. The minimum atomic E-state index is -3.46. The zero-order chi connectivity index (χ0) is 15.0. The van der Waals surface area contributed by atoms with E-state index in [9.17, 15) is 8.42 Å². The van der Waals surface area contributed by atoms with Gasteiger partial charge in [-0.1, -0.05) is 30.3 Å². The summed E-state index contributed by atoms with van der Waals surface area (Å²) in [6.07, 6.45) is 2.00. The first-order valence-electron chi connectivity index (χ1n) is 6.91. The summed E-state index contributed by atoms with van der Waals surface area (Å²) in [6, 6.07) is 13.5. The molecular weight excluding hydrogens is 286 g/mol. The monoisotopic (exact) mass is 305 g/mol. The van der Waals surface area contributed by atoms with Crippen LogP contribution in [0.25, 0.3) is 0 Å². The second kappa shape index (κ2) is 5.29. The predicted molar refractivity (Wildman–Crippen MR) is 82.0 cm³/mol. The molecule has 0 radical (unpaired) electrons. The van der Waals surface area contributed by atoms with Crippen molar-refractivity contribution in [2.24, 2.45) is 0 Å². The van der Waals surface area contributed by atoms with Crippen molar-refractivity contribution >= 4 is 10.2 Å². The van der Waals surface area contributed by atoms with Gasteiger partial charge >= 0.3 is 0 Å². The molecule has 0 spiro atoms. The molecule has 2 aromatic rings. The molecule has 6 heteroatoms. The Balaban J connectivity index is 2.14. The van der Waals surface area contributed by atoms with Crippen molar-refractivity contribution in [2.75, 3.05) is 20.6 Å². The van der Waals surface area contributed by atoms with Crippen molar-refractivity contribution in [3.8, 4) is 0 Å². The van der Waals surface area contributed by atoms with E-state index in [0.717, 1.165) is 11.3 Å². The van der Waals surface area contributed by atoms with Crippen LogP contribution in [0, 0.1) is 0 Å². The van der Waals surface area contributed by atoms with Crippen LogP contribution in [0.1, 0.15) is 17.3 Å². The first-order chi connectivity index (χ1) is 10.0. The van der Waals surface area contributed by atoms with Crippen molar-refractivity contribution in [1.29, 1.82) is 0 Å². The lowest BCUT2D eigenvalue weighted by Gasteiger charge is -2.37. The van der Waals surface area contributed by atoms with Crippen LogP contribution in [-0.2, 0) is 16.8 Å². The Morgan fingerprint density at radius 2 is 1.76 bits per heavy atom. The molecule has 3 rings (SSSR count). The number of benzene rings is 1. The highest BCUT2D eigenvalue weighted by Gasteiger charge is 2.37. The average molecular weight is 305 g/mol. The van der Waals surface area contributed by atoms with E-state index >= 15 is 0 Å². The molecule has 0 saturated heterocycles. The summed E-state index contributed by atoms with van der Waals surface area (Å²) >= 11 is 0. The van der Waals surface area contributed by atoms with Crippen molar-refractivity contribution in [2.45, 2.75) is 12.6 Å². The predicted octanol–water partition coefficient (Wildman–Crippen LogP) is 1.70. The van der Waals surface area contributed by atoms with Gasteiger partial charge in [-0.05, 0) is 17.7 Å². The van der Waals surface area contributed by atoms with Gasteiger partial charge in [0.25, 0.3) is 10.2 Å². The Morgan fingerprint density at radius 1 is 1.05 bits per heavy atom. The molecule has 1 aliphatic rings. The van der Waals surface area contributed by atoms with Crippen molar-refractivity contribution < 1.29 is 8.42 Å². The Labute approximate surface area is 125 Å². The maximum atomic E-state index is 12.6. The first-order valence-corrected chi connectivity index (χ1v) is 8.31. The van der Waals surface area contributed by atoms with Gasteiger partial charge in [0.15, 0.2) is 0 Å². The molecule has 1 aromatic carbocycles. The minimum absolute atomic E-state index is 0.276. The van der Waals surface area contributed by atoms with Crippen LogP contribution >= 0.6 is 0 Å². The van der Waals surface area contributed by atoms with E-state index in [0.29, 0.717) is 13.1 Å². The Bertz CT molecular complexity index is 722. The highest BCUT2D eigenvalue weighted by atomic mass is 32.2. The number of hydrogen-bond donors (Lipinski definition) is 0. The molecule has 0 N–H and O–H groups in total. The number of rotatable bonds is 3. The fourth-order valence-corrected chi connectivity index (χ4v) is 4.02. The van der Waals surface area contributed by atoms with Crippen LogP contribution in [0.5, 0.6) is 0 Å². The molecule has 5 nitrogen and oxygen atoms in total. The topological polar surface area (TPSA) is 45.6 Å². The highest BCUT2D eigenvalue weighted by Crippen LogP contribution is 2.34. The number of fused-ring (bicyclic) bond motifs is 1. The van der Waals surface area contributed by atoms with Gasteiger partial charge in [0, 0.05) is 39.1 Å². The van der Waals surface area contributed by atoms with E-state index < -0.39 is 10.2 Å². The zero-order valence-corrected chi connectivity index (χ0v) is 13.0. The molecule has 0 unspecified atom stereocenters. The summed E-state index contributed by atoms with van der Waals surface area (Å²) in [4.78, 5) is 0. The van der Waals surface area contributed by atoms with Gasteiger partial charge in [-0.15, -0.1) is 0 Å². The summed E-state index contributed by atoms with van der Waals surface area (Å²) in [5.74, 6) is 0. The minimum Gasteiger partial charge on any atom is -0.348 e. The second-order valence-corrected chi connectivity index (χ2v) is 7.44. The van der Waals surface area contributed by atoms with Gasteiger partial charge in [-0.3, -0.25) is 0 Å². The summed E-state index contributed by atoms with van der Waals surface area (Å²) < 4.78 is 30.3. The molecule has 1 aromatic heterocycles. The molecule has 0 amide bonds. The van der Waals surface area contributed by atoms with Gasteiger partial charge in [-0.25, -0.2) is 0 Å². The summed E-state index contributed by atoms with van der Waals surface area (Å²) in [6.45, 7) is 1.15. The molecule has 21 heavy (non-hydrogen) atoms. The lowest BCUT2D eigenvalue weighted by atomic mass is 10.0. The summed E-state index contributed by atoms with van der Waals surface area (Å²) in [7, 11) is -0.316. The molecule has 112 valence electrons. The first kappa shape index (κ1) is 14.3. The standard InChI is InChI=1S/C15H19N3O2S/c1-16(2)21(19,20)18-12-11-17-10-6-9-14(17)15(18)13-7-4-3-5-8-13/h3-10,15H,11-12H2,1-2H3/t15-/m1/s1. The van der Waals surface area contributed by atoms with Crippen LogP contribution in [-0.4, -0.2) is 42.2 Å². The molecule has 0 fully saturated rings. The van der Waals surface area contributed by atoms with Crippen LogP contribution < -0.4 is 0 Å². The zero-order valence-electron chi connectivity index (χ0n) is 12.2. The van der Waals surface area contributed by atoms with E-state index in [1.165, 1.54) is 4.31 Å². The van der Waals surface area contributed by atoms with Crippen LogP contribution in [0.3, 0.4) is 0 Å². The lowest BCUT2D eigenvalue weighted by Crippen LogP contribution is -2.47. The largest absolute Gasteiger partial charge is 0.348 e. The fourth-order valence-electron chi connectivity index (χ4n) is 2.79. The van der Waals surface area contributed by atoms with Crippen LogP contribution in [0.15, 0.2) is 48.7 Å². The van der Waals surface area contributed by atoms with E-state index in [-0.39, 0.29) is 6.04 Å². The smallest absolute Gasteiger partial charge is 0.282 e. The maximum absolute atomic E-state index is 12.6. The van der Waals surface area contributed by atoms with E-state index in [4.69, 9.17) is 0 Å². The maximum Gasteiger partial charge on any atom is 0.282 e. The van der Waals surface area contributed by atoms with Crippen molar-refractivity contribution in [3.05, 3.63) is 59.9 Å². The Morgan fingerprint density at radius 3 is 2.43 bits per heavy atom. The lowest BCUT2D eigenvalue weighted by molar-refractivity contribution is 0.281. The van der Waals surface area contributed by atoms with E-state index in [1.807, 2.05) is 48.7 Å². The van der Waals surface area contributed by atoms with Crippen LogP contribution in [0.2, 0.25) is 0 Å². The molecule has 0 bridgehead atoms. The normalized spacial score (nSPS) is 19.7. The van der Waals surface area contributed by atoms with E-state index in [1.54, 1.807) is 18.4 Å². The summed E-state index contributed by atoms with van der Waals surface area (Å²) in [5.41, 5.74) is 2.00. The van der Waals surface area contributed by atoms with Gasteiger partial charge in [-0.2, -0.15) is 17.0 Å². The van der Waals surface area contributed by atoms with Gasteiger partial charge < -0.3 is 4.57 Å². The molecule has 1 aliphatic heterocycles. The summed E-state index contributed by atoms with van der Waals surface area (Å²) in [5, 5.41) is 0. The number of hydrogen-bond acceptors (Lipinski definition) is 2. The SMILES string of the molecule is CN(C)S(=O)(=O)N1CCn2cccc2[C@H]1c1ccccc1. The fraction of sp³-hybridized carbons (Fsp3) is 0.333. The Kier molecular flexibility index (Phi) is 3.61. The molecule has 2 heterocycles. The second-order valence-electron chi connectivity index (χ2n) is 5.34. The molecule has 0 saturated carbocycles. The Hall–Kier alpha value is -1.63. The number of aromatic nitrogens is 1. The average Bonchev–Trinajstić information content (AvgIpc) is 2.95. The van der Waals surface area contributed by atoms with Crippen molar-refractivity contribution in [3.63, 3.8) is 0 Å².